The van der Waals surface area contributed by atoms with Crippen molar-refractivity contribution >= 4 is 33.7 Å². The lowest BCUT2D eigenvalue weighted by atomic mass is 10.0. The summed E-state index contributed by atoms with van der Waals surface area (Å²) in [6, 6.07) is 12.7. The van der Waals surface area contributed by atoms with E-state index in [-0.39, 0.29) is 28.6 Å². The molecular weight excluding hydrogens is 494 g/mol. The van der Waals surface area contributed by atoms with Gasteiger partial charge in [0.1, 0.15) is 5.75 Å². The first-order valence-corrected chi connectivity index (χ1v) is 12.7. The lowest BCUT2D eigenvalue weighted by Gasteiger charge is -2.28. The normalized spacial score (nSPS) is 11.3. The molecule has 0 saturated heterocycles. The summed E-state index contributed by atoms with van der Waals surface area (Å²) in [4.78, 5) is 30.5. The molecule has 0 aliphatic carbocycles. The van der Waals surface area contributed by atoms with E-state index in [4.69, 9.17) is 9.47 Å². The van der Waals surface area contributed by atoms with Crippen LogP contribution in [0.25, 0.3) is 6.08 Å². The first-order chi connectivity index (χ1) is 17.6. The Morgan fingerprint density at radius 2 is 1.76 bits per heavy atom. The molecular formula is C27H29N3O6S. The fraction of sp³-hybridized carbons (Fsp3) is 0.222. The van der Waals surface area contributed by atoms with Crippen molar-refractivity contribution in [3.8, 4) is 5.75 Å². The molecule has 1 amide bonds. The highest BCUT2D eigenvalue weighted by atomic mass is 32.2. The number of likely N-dealkylation sites (N-methyl/N-ethyl adjacent to an activating group) is 1. The highest BCUT2D eigenvalue weighted by molar-refractivity contribution is 7.92. The van der Waals surface area contributed by atoms with E-state index in [0.717, 1.165) is 0 Å². The minimum atomic E-state index is -4.15. The number of sulfonamides is 1. The molecule has 0 aliphatic rings. The van der Waals surface area contributed by atoms with Crippen molar-refractivity contribution in [1.82, 2.24) is 9.88 Å². The minimum absolute atomic E-state index is 0.0213. The lowest BCUT2D eigenvalue weighted by molar-refractivity contribution is -0.123. The van der Waals surface area contributed by atoms with E-state index in [1.54, 1.807) is 69.8 Å². The third-order valence-electron chi connectivity index (χ3n) is 5.53. The maximum Gasteiger partial charge on any atom is 0.340 e. The number of aryl methyl sites for hydroxylation is 1. The molecule has 1 aromatic heterocycles. The number of hydrogen-bond donors (Lipinski definition) is 0. The molecule has 3 aromatic rings. The quantitative estimate of drug-likeness (QED) is 0.311. The van der Waals surface area contributed by atoms with Gasteiger partial charge in [-0.05, 0) is 72.2 Å². The number of ether oxygens (including phenoxy) is 2. The number of benzene rings is 2. The van der Waals surface area contributed by atoms with Gasteiger partial charge < -0.3 is 14.4 Å². The second kappa shape index (κ2) is 11.7. The predicted molar refractivity (Wildman–Crippen MR) is 141 cm³/mol. The van der Waals surface area contributed by atoms with Crippen LogP contribution in [-0.2, 0) is 26.1 Å². The van der Waals surface area contributed by atoms with Crippen LogP contribution in [0.1, 0.15) is 27.0 Å². The van der Waals surface area contributed by atoms with Crippen molar-refractivity contribution in [3.05, 3.63) is 89.3 Å². The van der Waals surface area contributed by atoms with Crippen LogP contribution in [-0.4, -0.2) is 58.5 Å². The molecule has 0 bridgehead atoms. The van der Waals surface area contributed by atoms with Crippen LogP contribution in [0, 0.1) is 6.92 Å². The Labute approximate surface area is 217 Å². The number of pyridine rings is 1. The van der Waals surface area contributed by atoms with Crippen LogP contribution in [0.5, 0.6) is 5.75 Å². The first-order valence-electron chi connectivity index (χ1n) is 11.3. The Balaban J connectivity index is 2.23. The third kappa shape index (κ3) is 6.34. The Bertz CT molecular complexity index is 1400. The van der Waals surface area contributed by atoms with E-state index in [1.165, 1.54) is 47.7 Å². The van der Waals surface area contributed by atoms with Crippen molar-refractivity contribution in [2.75, 3.05) is 32.6 Å². The molecule has 3 rings (SSSR count). The van der Waals surface area contributed by atoms with Gasteiger partial charge in [-0.15, -0.1) is 0 Å². The number of carbonyl (C=O) groups excluding carboxylic acids is 2. The largest absolute Gasteiger partial charge is 0.497 e. The van der Waals surface area contributed by atoms with E-state index in [0.29, 0.717) is 22.4 Å². The fourth-order valence-electron chi connectivity index (χ4n) is 3.63. The van der Waals surface area contributed by atoms with Gasteiger partial charge in [0.05, 0.1) is 36.9 Å². The molecule has 0 spiro atoms. The Morgan fingerprint density at radius 1 is 1.05 bits per heavy atom. The van der Waals surface area contributed by atoms with Crippen LogP contribution < -0.4 is 9.04 Å². The maximum atomic E-state index is 14.0. The van der Waals surface area contributed by atoms with Crippen LogP contribution in [0.3, 0.4) is 0 Å². The zero-order chi connectivity index (χ0) is 27.2. The number of anilines is 1. The van der Waals surface area contributed by atoms with Crippen LogP contribution in [0.15, 0.2) is 71.9 Å². The smallest absolute Gasteiger partial charge is 0.340 e. The topological polar surface area (TPSA) is 106 Å². The zero-order valence-corrected chi connectivity index (χ0v) is 22.2. The molecule has 2 aromatic carbocycles. The summed E-state index contributed by atoms with van der Waals surface area (Å²) in [5.41, 5.74) is 1.87. The molecule has 0 fully saturated rings. The molecule has 9 nitrogen and oxygen atoms in total. The molecule has 194 valence electrons. The monoisotopic (exact) mass is 523 g/mol. The summed E-state index contributed by atoms with van der Waals surface area (Å²) >= 11 is 0. The Morgan fingerprint density at radius 3 is 2.32 bits per heavy atom. The SMILES string of the molecule is COC(=O)c1cc(/C=C/C(=O)N(C)C)cc(C)c1N(Cc1cccnc1)S(=O)(=O)c1ccc(OC)cc1. The van der Waals surface area contributed by atoms with Gasteiger partial charge in [0, 0.05) is 32.6 Å². The standard InChI is InChI=1S/C27H29N3O6S/c1-19-15-20(8-13-25(31)29(2)3)16-24(27(32)36-5)26(19)30(18-21-7-6-14-28-17-21)37(33,34)23-11-9-22(35-4)10-12-23/h6-17H,18H2,1-5H3/b13-8+. The van der Waals surface area contributed by atoms with Gasteiger partial charge in [-0.3, -0.25) is 14.1 Å². The van der Waals surface area contributed by atoms with Crippen LogP contribution in [0.2, 0.25) is 0 Å². The molecule has 0 atom stereocenters. The summed E-state index contributed by atoms with van der Waals surface area (Å²) in [6.45, 7) is 1.62. The van der Waals surface area contributed by atoms with E-state index in [2.05, 4.69) is 4.98 Å². The van der Waals surface area contributed by atoms with E-state index < -0.39 is 16.0 Å². The van der Waals surface area contributed by atoms with Crippen molar-refractivity contribution in [2.45, 2.75) is 18.4 Å². The van der Waals surface area contributed by atoms with Crippen molar-refractivity contribution < 1.29 is 27.5 Å². The molecule has 0 radical (unpaired) electrons. The summed E-state index contributed by atoms with van der Waals surface area (Å²) in [7, 11) is 1.82. The molecule has 10 heteroatoms. The summed E-state index contributed by atoms with van der Waals surface area (Å²) in [5.74, 6) is -0.442. The summed E-state index contributed by atoms with van der Waals surface area (Å²) in [6.07, 6.45) is 6.09. The second-order valence-electron chi connectivity index (χ2n) is 8.34. The zero-order valence-electron chi connectivity index (χ0n) is 21.3. The van der Waals surface area contributed by atoms with E-state index in [9.17, 15) is 18.0 Å². The fourth-order valence-corrected chi connectivity index (χ4v) is 5.17. The number of rotatable bonds is 9. The van der Waals surface area contributed by atoms with Crippen molar-refractivity contribution in [3.63, 3.8) is 0 Å². The Kier molecular flexibility index (Phi) is 8.67. The average molecular weight is 524 g/mol. The highest BCUT2D eigenvalue weighted by Gasteiger charge is 2.31. The molecule has 0 saturated carbocycles. The van der Waals surface area contributed by atoms with Gasteiger partial charge in [-0.2, -0.15) is 0 Å². The number of amides is 1. The number of aromatic nitrogens is 1. The van der Waals surface area contributed by atoms with Gasteiger partial charge in [0.2, 0.25) is 5.91 Å². The first kappa shape index (κ1) is 27.4. The summed E-state index contributed by atoms with van der Waals surface area (Å²) in [5, 5.41) is 0. The third-order valence-corrected chi connectivity index (χ3v) is 7.29. The molecule has 1 heterocycles. The predicted octanol–water partition coefficient (Wildman–Crippen LogP) is 3.68. The minimum Gasteiger partial charge on any atom is -0.497 e. The van der Waals surface area contributed by atoms with Crippen molar-refractivity contribution in [2.24, 2.45) is 0 Å². The van der Waals surface area contributed by atoms with E-state index in [1.807, 2.05) is 0 Å². The molecule has 0 unspecified atom stereocenters. The van der Waals surface area contributed by atoms with E-state index >= 15 is 0 Å². The van der Waals surface area contributed by atoms with Crippen molar-refractivity contribution in [1.29, 1.82) is 0 Å². The molecule has 37 heavy (non-hydrogen) atoms. The molecule has 0 N–H and O–H groups in total. The van der Waals surface area contributed by atoms with Gasteiger partial charge in [0.15, 0.2) is 0 Å². The Hall–Kier alpha value is -4.18. The average Bonchev–Trinajstić information content (AvgIpc) is 2.90. The highest BCUT2D eigenvalue weighted by Crippen LogP contribution is 2.34. The van der Waals surface area contributed by atoms with Gasteiger partial charge >= 0.3 is 5.97 Å². The summed E-state index contributed by atoms with van der Waals surface area (Å²) < 4.78 is 39.3. The number of esters is 1. The number of nitrogens with zero attached hydrogens (tertiary/aromatic N) is 3. The second-order valence-corrected chi connectivity index (χ2v) is 10.2. The van der Waals surface area contributed by atoms with Crippen LogP contribution in [0.4, 0.5) is 5.69 Å². The maximum absolute atomic E-state index is 14.0. The van der Waals surface area contributed by atoms with Gasteiger partial charge in [0.25, 0.3) is 10.0 Å². The van der Waals surface area contributed by atoms with Gasteiger partial charge in [-0.1, -0.05) is 6.07 Å². The lowest BCUT2D eigenvalue weighted by Crippen LogP contribution is -2.33. The molecule has 0 aliphatic heterocycles. The number of carbonyl (C=O) groups is 2. The van der Waals surface area contributed by atoms with Gasteiger partial charge in [-0.25, -0.2) is 13.2 Å². The number of hydrogen-bond acceptors (Lipinski definition) is 7. The van der Waals surface area contributed by atoms with Crippen LogP contribution >= 0.6 is 0 Å². The number of methoxy groups -OCH3 is 2.